The molecular weight excluding hydrogens is 236 g/mol. The zero-order chi connectivity index (χ0) is 13.4. The number of hydrogen-bond acceptors (Lipinski definition) is 2. The third kappa shape index (κ3) is 2.27. The van der Waals surface area contributed by atoms with Crippen LogP contribution in [0.1, 0.15) is 42.9 Å². The van der Waals surface area contributed by atoms with Crippen molar-refractivity contribution in [2.75, 3.05) is 24.5 Å². The van der Waals surface area contributed by atoms with Crippen molar-refractivity contribution in [3.63, 3.8) is 0 Å². The Hall–Kier alpha value is -1.35. The largest absolute Gasteiger partial charge is 0.316 e. The van der Waals surface area contributed by atoms with Crippen molar-refractivity contribution in [1.29, 1.82) is 0 Å². The Bertz CT molecular complexity index is 510. The van der Waals surface area contributed by atoms with E-state index in [1.54, 1.807) is 6.92 Å². The minimum atomic E-state index is 0.167. The average Bonchev–Trinajstić information content (AvgIpc) is 2.58. The maximum absolute atomic E-state index is 11.8. The summed E-state index contributed by atoms with van der Waals surface area (Å²) in [6, 6.07) is 4.63. The van der Waals surface area contributed by atoms with E-state index in [0.29, 0.717) is 5.92 Å². The van der Waals surface area contributed by atoms with E-state index in [-0.39, 0.29) is 5.91 Å². The van der Waals surface area contributed by atoms with Crippen LogP contribution in [0.5, 0.6) is 0 Å². The number of benzene rings is 1. The van der Waals surface area contributed by atoms with Crippen LogP contribution in [0.25, 0.3) is 0 Å². The quantitative estimate of drug-likeness (QED) is 0.774. The van der Waals surface area contributed by atoms with Crippen LogP contribution in [0.2, 0.25) is 0 Å². The second kappa shape index (κ2) is 4.97. The minimum absolute atomic E-state index is 0.167. The fraction of sp³-hybridized carbons (Fsp3) is 0.562. The van der Waals surface area contributed by atoms with Crippen molar-refractivity contribution in [3.05, 3.63) is 28.8 Å². The van der Waals surface area contributed by atoms with Crippen molar-refractivity contribution in [3.8, 4) is 0 Å². The second-order valence-electron chi connectivity index (χ2n) is 5.81. The smallest absolute Gasteiger partial charge is 0.223 e. The molecule has 1 atom stereocenters. The highest BCUT2D eigenvalue weighted by Crippen LogP contribution is 2.34. The summed E-state index contributed by atoms with van der Waals surface area (Å²) < 4.78 is 0. The summed E-state index contributed by atoms with van der Waals surface area (Å²) in [6.07, 6.45) is 3.25. The van der Waals surface area contributed by atoms with E-state index in [2.05, 4.69) is 24.4 Å². The Morgan fingerprint density at radius 2 is 2.16 bits per heavy atom. The zero-order valence-electron chi connectivity index (χ0n) is 11.8. The van der Waals surface area contributed by atoms with Gasteiger partial charge in [-0.05, 0) is 54.5 Å². The van der Waals surface area contributed by atoms with Gasteiger partial charge in [-0.1, -0.05) is 13.0 Å². The van der Waals surface area contributed by atoms with E-state index >= 15 is 0 Å². The number of nitrogens with zero attached hydrogens (tertiary/aromatic N) is 1. The van der Waals surface area contributed by atoms with Crippen LogP contribution in [0.3, 0.4) is 0 Å². The van der Waals surface area contributed by atoms with Crippen LogP contribution >= 0.6 is 0 Å². The topological polar surface area (TPSA) is 32.3 Å². The summed E-state index contributed by atoms with van der Waals surface area (Å²) in [5.74, 6) is 0.733. The monoisotopic (exact) mass is 258 g/mol. The molecule has 2 heterocycles. The van der Waals surface area contributed by atoms with E-state index in [0.717, 1.165) is 44.6 Å². The summed E-state index contributed by atoms with van der Waals surface area (Å²) in [5.41, 5.74) is 5.42. The lowest BCUT2D eigenvalue weighted by atomic mass is 9.89. The van der Waals surface area contributed by atoms with Crippen molar-refractivity contribution in [2.45, 2.75) is 39.0 Å². The maximum atomic E-state index is 11.8. The van der Waals surface area contributed by atoms with Gasteiger partial charge in [0.25, 0.3) is 0 Å². The molecule has 0 aromatic heterocycles. The predicted octanol–water partition coefficient (Wildman–Crippen LogP) is 2.23. The molecule has 0 fully saturated rings. The molecule has 1 N–H and O–H groups in total. The first-order chi connectivity index (χ1) is 9.16. The third-order valence-corrected chi connectivity index (χ3v) is 4.39. The van der Waals surface area contributed by atoms with E-state index in [1.807, 2.05) is 4.90 Å². The number of amides is 1. The molecule has 2 aliphatic heterocycles. The van der Waals surface area contributed by atoms with Gasteiger partial charge in [0.2, 0.25) is 5.91 Å². The van der Waals surface area contributed by atoms with Crippen LogP contribution < -0.4 is 10.2 Å². The molecule has 0 saturated heterocycles. The molecule has 102 valence electrons. The summed E-state index contributed by atoms with van der Waals surface area (Å²) >= 11 is 0. The first-order valence-corrected chi connectivity index (χ1v) is 7.31. The maximum Gasteiger partial charge on any atom is 0.223 e. The Labute approximate surface area is 115 Å². The van der Waals surface area contributed by atoms with Crippen molar-refractivity contribution in [2.24, 2.45) is 0 Å². The SMILES string of the molecule is CC(=O)N1CCCc2cc3c(cc21)CCNCC3C. The van der Waals surface area contributed by atoms with Crippen molar-refractivity contribution in [1.82, 2.24) is 5.32 Å². The number of rotatable bonds is 0. The predicted molar refractivity (Wildman–Crippen MR) is 77.8 cm³/mol. The van der Waals surface area contributed by atoms with Gasteiger partial charge in [0.05, 0.1) is 0 Å². The van der Waals surface area contributed by atoms with Gasteiger partial charge in [-0.15, -0.1) is 0 Å². The standard InChI is InChI=1S/C16H22N2O/c1-11-10-17-6-5-13-9-16-14(8-15(11)13)4-3-7-18(16)12(2)19/h8-9,11,17H,3-7,10H2,1-2H3. The van der Waals surface area contributed by atoms with E-state index in [4.69, 9.17) is 0 Å². The summed E-state index contributed by atoms with van der Waals surface area (Å²) in [4.78, 5) is 13.7. The number of carbonyl (C=O) groups is 1. The molecule has 3 nitrogen and oxygen atoms in total. The highest BCUT2D eigenvalue weighted by Gasteiger charge is 2.24. The number of carbonyl (C=O) groups excluding carboxylic acids is 1. The normalized spacial score (nSPS) is 22.4. The Balaban J connectivity index is 2.08. The molecular formula is C16H22N2O. The molecule has 0 aliphatic carbocycles. The summed E-state index contributed by atoms with van der Waals surface area (Å²) in [5, 5.41) is 3.49. The number of aryl methyl sites for hydroxylation is 1. The Morgan fingerprint density at radius 3 is 2.95 bits per heavy atom. The number of hydrogen-bond donors (Lipinski definition) is 1. The summed E-state index contributed by atoms with van der Waals surface area (Å²) in [7, 11) is 0. The number of anilines is 1. The molecule has 1 aromatic rings. The molecule has 0 bridgehead atoms. The molecule has 3 rings (SSSR count). The lowest BCUT2D eigenvalue weighted by molar-refractivity contribution is -0.116. The highest BCUT2D eigenvalue weighted by atomic mass is 16.2. The molecule has 1 aromatic carbocycles. The minimum Gasteiger partial charge on any atom is -0.316 e. The molecule has 3 heteroatoms. The van der Waals surface area contributed by atoms with Gasteiger partial charge in [0.1, 0.15) is 0 Å². The molecule has 2 aliphatic rings. The molecule has 1 amide bonds. The van der Waals surface area contributed by atoms with Gasteiger partial charge >= 0.3 is 0 Å². The molecule has 19 heavy (non-hydrogen) atoms. The lowest BCUT2D eigenvalue weighted by Crippen LogP contribution is -2.33. The Kier molecular flexibility index (Phi) is 3.31. The molecule has 0 radical (unpaired) electrons. The number of nitrogens with one attached hydrogen (secondary N) is 1. The van der Waals surface area contributed by atoms with E-state index in [1.165, 1.54) is 16.7 Å². The molecule has 0 saturated carbocycles. The van der Waals surface area contributed by atoms with Gasteiger partial charge in [-0.3, -0.25) is 4.79 Å². The molecule has 0 spiro atoms. The van der Waals surface area contributed by atoms with Crippen LogP contribution in [0.4, 0.5) is 5.69 Å². The van der Waals surface area contributed by atoms with Crippen LogP contribution in [-0.4, -0.2) is 25.5 Å². The number of fused-ring (bicyclic) bond motifs is 2. The molecule has 1 unspecified atom stereocenters. The van der Waals surface area contributed by atoms with Gasteiger partial charge in [-0.25, -0.2) is 0 Å². The highest BCUT2D eigenvalue weighted by molar-refractivity contribution is 5.93. The van der Waals surface area contributed by atoms with Crippen molar-refractivity contribution < 1.29 is 4.79 Å². The Morgan fingerprint density at radius 1 is 1.32 bits per heavy atom. The lowest BCUT2D eigenvalue weighted by Gasteiger charge is -2.30. The first kappa shape index (κ1) is 12.7. The van der Waals surface area contributed by atoms with Crippen molar-refractivity contribution >= 4 is 11.6 Å². The fourth-order valence-corrected chi connectivity index (χ4v) is 3.35. The third-order valence-electron chi connectivity index (χ3n) is 4.39. The van der Waals surface area contributed by atoms with E-state index in [9.17, 15) is 4.79 Å². The van der Waals surface area contributed by atoms with Crippen LogP contribution in [-0.2, 0) is 17.6 Å². The fourth-order valence-electron chi connectivity index (χ4n) is 3.35. The van der Waals surface area contributed by atoms with Crippen LogP contribution in [0.15, 0.2) is 12.1 Å². The van der Waals surface area contributed by atoms with Gasteiger partial charge in [-0.2, -0.15) is 0 Å². The average molecular weight is 258 g/mol. The van der Waals surface area contributed by atoms with Gasteiger partial charge in [0, 0.05) is 25.7 Å². The van der Waals surface area contributed by atoms with Crippen LogP contribution in [0, 0.1) is 0 Å². The van der Waals surface area contributed by atoms with Gasteiger partial charge < -0.3 is 10.2 Å². The van der Waals surface area contributed by atoms with Gasteiger partial charge in [0.15, 0.2) is 0 Å². The summed E-state index contributed by atoms with van der Waals surface area (Å²) in [6.45, 7) is 6.92. The second-order valence-corrected chi connectivity index (χ2v) is 5.81. The zero-order valence-corrected chi connectivity index (χ0v) is 11.8. The van der Waals surface area contributed by atoms with E-state index < -0.39 is 0 Å². The first-order valence-electron chi connectivity index (χ1n) is 7.31.